The molecular weight excluding hydrogens is 280 g/mol. The molecule has 0 aromatic rings. The van der Waals surface area contributed by atoms with Crippen molar-refractivity contribution in [2.24, 2.45) is 5.92 Å². The Hall–Kier alpha value is -2.19. The zero-order chi connectivity index (χ0) is 15.3. The van der Waals surface area contributed by atoms with Crippen LogP contribution in [-0.4, -0.2) is 46.0 Å². The van der Waals surface area contributed by atoms with Crippen LogP contribution in [0.5, 0.6) is 0 Å². The molecule has 0 aromatic heterocycles. The zero-order valence-electron chi connectivity index (χ0n) is 11.5. The Morgan fingerprint density at radius 1 is 1.19 bits per heavy atom. The summed E-state index contributed by atoms with van der Waals surface area (Å²) in [6, 6.07) is -2.72. The highest BCUT2D eigenvalue weighted by Crippen LogP contribution is 2.42. The van der Waals surface area contributed by atoms with E-state index in [1.165, 1.54) is 7.05 Å². The van der Waals surface area contributed by atoms with Crippen LogP contribution in [0.2, 0.25) is 0 Å². The smallest absolute Gasteiger partial charge is 0.303 e. The molecule has 1 amide bonds. The minimum atomic E-state index is -1.55. The minimum Gasteiger partial charge on any atom is -0.363 e. The van der Waals surface area contributed by atoms with Crippen LogP contribution in [0.1, 0.15) is 25.7 Å². The summed E-state index contributed by atoms with van der Waals surface area (Å²) in [6.45, 7) is 0. The molecule has 1 aliphatic carbocycles. The third kappa shape index (κ3) is 1.87. The van der Waals surface area contributed by atoms with Gasteiger partial charge in [-0.2, -0.15) is 0 Å². The lowest BCUT2D eigenvalue weighted by molar-refractivity contribution is -0.577. The first kappa shape index (κ1) is 13.8. The van der Waals surface area contributed by atoms with Crippen LogP contribution in [0.15, 0.2) is 11.3 Å². The van der Waals surface area contributed by atoms with Crippen LogP contribution >= 0.6 is 0 Å². The molecule has 0 radical (unpaired) electrons. The maximum atomic E-state index is 12.2. The molecule has 2 heterocycles. The van der Waals surface area contributed by atoms with Gasteiger partial charge in [0, 0.05) is 22.6 Å². The molecule has 1 fully saturated rings. The summed E-state index contributed by atoms with van der Waals surface area (Å²) < 4.78 is 0. The van der Waals surface area contributed by atoms with Gasteiger partial charge in [-0.3, -0.25) is 25.0 Å². The van der Waals surface area contributed by atoms with Gasteiger partial charge >= 0.3 is 6.04 Å². The number of nitrogens with zero attached hydrogens (tertiary/aromatic N) is 3. The number of nitrogens with one attached hydrogen (secondary N) is 1. The predicted octanol–water partition coefficient (Wildman–Crippen LogP) is 0.123. The first-order valence-corrected chi connectivity index (χ1v) is 6.95. The maximum absolute atomic E-state index is 12.2. The molecule has 3 rings (SSSR count). The average Bonchev–Trinajstić information content (AvgIpc) is 2.44. The molecule has 2 aliphatic heterocycles. The van der Waals surface area contributed by atoms with Gasteiger partial charge in [0.1, 0.15) is 5.92 Å². The summed E-state index contributed by atoms with van der Waals surface area (Å²) in [6.07, 6.45) is 2.32. The van der Waals surface area contributed by atoms with Crippen molar-refractivity contribution in [2.45, 2.75) is 43.9 Å². The second-order valence-electron chi connectivity index (χ2n) is 5.78. The predicted molar refractivity (Wildman–Crippen MR) is 70.2 cm³/mol. The summed E-state index contributed by atoms with van der Waals surface area (Å²) in [5.41, 5.74) is 1.57. The van der Waals surface area contributed by atoms with Crippen molar-refractivity contribution in [1.29, 1.82) is 0 Å². The summed E-state index contributed by atoms with van der Waals surface area (Å²) >= 11 is 0. The van der Waals surface area contributed by atoms with E-state index >= 15 is 0 Å². The number of hydrogen-bond acceptors (Lipinski definition) is 6. The number of nitro groups is 2. The van der Waals surface area contributed by atoms with Crippen LogP contribution in [0, 0.1) is 26.1 Å². The summed E-state index contributed by atoms with van der Waals surface area (Å²) in [4.78, 5) is 35.0. The van der Waals surface area contributed by atoms with Gasteiger partial charge in [-0.15, -0.1) is 0 Å². The fraction of sp³-hybridized carbons (Fsp3) is 0.750. The molecule has 0 aromatic carbocycles. The molecule has 114 valence electrons. The molecule has 2 bridgehead atoms. The van der Waals surface area contributed by atoms with Crippen molar-refractivity contribution in [2.75, 3.05) is 7.05 Å². The topological polar surface area (TPSA) is 119 Å². The number of amides is 1. The molecule has 0 saturated carbocycles. The Labute approximate surface area is 120 Å². The van der Waals surface area contributed by atoms with Crippen molar-refractivity contribution >= 4 is 5.91 Å². The largest absolute Gasteiger partial charge is 0.363 e. The lowest BCUT2D eigenvalue weighted by Gasteiger charge is -2.46. The molecule has 4 atom stereocenters. The standard InChI is InChI=1S/C12H16N4O5/c1-14-11-9(15(18)19)8(10(12(14)17)16(20)21)6-4-2-3-5-7(6)13-11/h8-11,13H,2-5H2,1H3. The third-order valence-electron chi connectivity index (χ3n) is 4.76. The molecule has 1 N–H and O–H groups in total. The summed E-state index contributed by atoms with van der Waals surface area (Å²) in [7, 11) is 1.39. The van der Waals surface area contributed by atoms with Crippen molar-refractivity contribution in [1.82, 2.24) is 10.2 Å². The summed E-state index contributed by atoms with van der Waals surface area (Å²) in [5, 5.41) is 25.9. The molecule has 3 aliphatic rings. The van der Waals surface area contributed by atoms with Gasteiger partial charge in [-0.25, -0.2) is 0 Å². The van der Waals surface area contributed by atoms with Crippen LogP contribution < -0.4 is 5.32 Å². The second kappa shape index (κ2) is 4.68. The number of fused-ring (bicyclic) bond motifs is 3. The van der Waals surface area contributed by atoms with E-state index in [0.29, 0.717) is 12.0 Å². The Kier molecular flexibility index (Phi) is 3.07. The van der Waals surface area contributed by atoms with Crippen molar-refractivity contribution in [3.05, 3.63) is 31.5 Å². The Morgan fingerprint density at radius 2 is 1.86 bits per heavy atom. The molecule has 4 unspecified atom stereocenters. The monoisotopic (exact) mass is 296 g/mol. The van der Waals surface area contributed by atoms with E-state index in [-0.39, 0.29) is 0 Å². The maximum Gasteiger partial charge on any atom is 0.303 e. The van der Waals surface area contributed by atoms with E-state index in [1.807, 2.05) is 0 Å². The van der Waals surface area contributed by atoms with E-state index in [4.69, 9.17) is 0 Å². The van der Waals surface area contributed by atoms with Gasteiger partial charge in [-0.05, 0) is 31.3 Å². The van der Waals surface area contributed by atoms with E-state index in [9.17, 15) is 25.0 Å². The molecule has 9 nitrogen and oxygen atoms in total. The van der Waals surface area contributed by atoms with Gasteiger partial charge in [0.25, 0.3) is 11.9 Å². The summed E-state index contributed by atoms with van der Waals surface area (Å²) in [5.74, 6) is -1.59. The Morgan fingerprint density at radius 3 is 2.48 bits per heavy atom. The fourth-order valence-corrected chi connectivity index (χ4v) is 3.80. The van der Waals surface area contributed by atoms with E-state index in [2.05, 4.69) is 5.32 Å². The fourth-order valence-electron chi connectivity index (χ4n) is 3.80. The van der Waals surface area contributed by atoms with Crippen LogP contribution in [0.25, 0.3) is 0 Å². The number of likely N-dealkylation sites (tertiary alicyclic amines) is 1. The van der Waals surface area contributed by atoms with Crippen molar-refractivity contribution in [3.8, 4) is 0 Å². The van der Waals surface area contributed by atoms with E-state index < -0.39 is 39.9 Å². The number of hydrogen-bond donors (Lipinski definition) is 1. The average molecular weight is 296 g/mol. The number of rotatable bonds is 2. The Balaban J connectivity index is 2.15. The zero-order valence-corrected chi connectivity index (χ0v) is 11.5. The van der Waals surface area contributed by atoms with Gasteiger partial charge in [0.2, 0.25) is 0 Å². The molecule has 0 spiro atoms. The van der Waals surface area contributed by atoms with Gasteiger partial charge in [0.05, 0.1) is 0 Å². The van der Waals surface area contributed by atoms with Gasteiger partial charge < -0.3 is 10.2 Å². The first-order chi connectivity index (χ1) is 9.93. The molecule has 1 saturated heterocycles. The van der Waals surface area contributed by atoms with E-state index in [1.54, 1.807) is 0 Å². The first-order valence-electron chi connectivity index (χ1n) is 6.95. The Bertz CT molecular complexity index is 560. The van der Waals surface area contributed by atoms with E-state index in [0.717, 1.165) is 29.9 Å². The normalized spacial score (nSPS) is 35.1. The highest BCUT2D eigenvalue weighted by atomic mass is 16.6. The highest BCUT2D eigenvalue weighted by molar-refractivity contribution is 5.83. The lowest BCUT2D eigenvalue weighted by Crippen LogP contribution is -2.71. The molecular formula is C12H16N4O5. The lowest BCUT2D eigenvalue weighted by atomic mass is 9.72. The SMILES string of the molecule is CN1C(=O)C([N+](=O)[O-])C2C3=C(CCCC3)NC1C2[N+](=O)[O-]. The minimum absolute atomic E-state index is 0.486. The second-order valence-corrected chi connectivity index (χ2v) is 5.78. The number of piperidine rings is 1. The number of carbonyl (C=O) groups excluding carboxylic acids is 1. The number of likely N-dealkylation sites (N-methyl/N-ethyl adjacent to an activating group) is 1. The van der Waals surface area contributed by atoms with Gasteiger partial charge in [0.15, 0.2) is 6.17 Å². The van der Waals surface area contributed by atoms with Gasteiger partial charge in [-0.1, -0.05) is 0 Å². The van der Waals surface area contributed by atoms with Crippen LogP contribution in [0.4, 0.5) is 0 Å². The quantitative estimate of drug-likeness (QED) is 0.571. The molecule has 9 heteroatoms. The van der Waals surface area contributed by atoms with Crippen LogP contribution in [-0.2, 0) is 4.79 Å². The van der Waals surface area contributed by atoms with Crippen molar-refractivity contribution in [3.63, 3.8) is 0 Å². The van der Waals surface area contributed by atoms with Crippen LogP contribution in [0.3, 0.4) is 0 Å². The highest BCUT2D eigenvalue weighted by Gasteiger charge is 2.63. The van der Waals surface area contributed by atoms with Crippen molar-refractivity contribution < 1.29 is 14.6 Å². The number of carbonyl (C=O) groups is 1. The molecule has 21 heavy (non-hydrogen) atoms. The number of allylic oxidation sites excluding steroid dienone is 1. The third-order valence-corrected chi connectivity index (χ3v) is 4.76.